The SMILES string of the molecule is C[C@@H](O)C1CCN(c2ncc(C(F)(F)F)cn2)CC1. The molecule has 7 heteroatoms. The number of nitrogens with zero attached hydrogens (tertiary/aromatic N) is 3. The van der Waals surface area contributed by atoms with E-state index in [2.05, 4.69) is 9.97 Å². The molecule has 0 aliphatic carbocycles. The first-order valence-corrected chi connectivity index (χ1v) is 6.20. The van der Waals surface area contributed by atoms with Crippen LogP contribution < -0.4 is 4.90 Å². The van der Waals surface area contributed by atoms with Crippen molar-refractivity contribution in [3.63, 3.8) is 0 Å². The van der Waals surface area contributed by atoms with Crippen molar-refractivity contribution in [1.29, 1.82) is 0 Å². The van der Waals surface area contributed by atoms with Gasteiger partial charge < -0.3 is 10.0 Å². The minimum atomic E-state index is -4.40. The van der Waals surface area contributed by atoms with Crippen LogP contribution in [0.1, 0.15) is 25.3 Å². The Bertz CT molecular complexity index is 411. The average molecular weight is 275 g/mol. The molecule has 1 fully saturated rings. The van der Waals surface area contributed by atoms with Crippen LogP contribution in [0.3, 0.4) is 0 Å². The molecule has 0 bridgehead atoms. The Hall–Kier alpha value is -1.37. The third-order valence-electron chi connectivity index (χ3n) is 3.47. The van der Waals surface area contributed by atoms with Crippen molar-refractivity contribution < 1.29 is 18.3 Å². The monoisotopic (exact) mass is 275 g/mol. The summed E-state index contributed by atoms with van der Waals surface area (Å²) in [5.74, 6) is 0.558. The van der Waals surface area contributed by atoms with Gasteiger partial charge in [-0.1, -0.05) is 0 Å². The van der Waals surface area contributed by atoms with Gasteiger partial charge in [-0.25, -0.2) is 9.97 Å². The molecule has 0 saturated carbocycles. The van der Waals surface area contributed by atoms with E-state index in [1.807, 2.05) is 4.90 Å². The normalized spacial score (nSPS) is 19.5. The molecule has 1 N–H and O–H groups in total. The van der Waals surface area contributed by atoms with Gasteiger partial charge in [0, 0.05) is 25.5 Å². The molecule has 4 nitrogen and oxygen atoms in total. The van der Waals surface area contributed by atoms with Crippen LogP contribution in [0.4, 0.5) is 19.1 Å². The van der Waals surface area contributed by atoms with Crippen molar-refractivity contribution in [3.8, 4) is 0 Å². The van der Waals surface area contributed by atoms with Gasteiger partial charge in [-0.15, -0.1) is 0 Å². The number of rotatable bonds is 2. The van der Waals surface area contributed by atoms with Gasteiger partial charge in [0.25, 0.3) is 0 Å². The molecule has 0 spiro atoms. The van der Waals surface area contributed by atoms with Crippen LogP contribution in [-0.2, 0) is 6.18 Å². The molecule has 1 aliphatic rings. The molecule has 1 atom stereocenters. The fraction of sp³-hybridized carbons (Fsp3) is 0.667. The third kappa shape index (κ3) is 3.34. The third-order valence-corrected chi connectivity index (χ3v) is 3.47. The summed E-state index contributed by atoms with van der Waals surface area (Å²) in [6, 6.07) is 0. The van der Waals surface area contributed by atoms with Crippen LogP contribution in [0, 0.1) is 5.92 Å². The quantitative estimate of drug-likeness (QED) is 0.898. The highest BCUT2D eigenvalue weighted by atomic mass is 19.4. The lowest BCUT2D eigenvalue weighted by atomic mass is 9.92. The van der Waals surface area contributed by atoms with E-state index in [9.17, 15) is 18.3 Å². The Morgan fingerprint density at radius 3 is 2.21 bits per heavy atom. The Kier molecular flexibility index (Phi) is 3.93. The predicted octanol–water partition coefficient (Wildman–Crippen LogP) is 2.09. The number of hydrogen-bond acceptors (Lipinski definition) is 4. The van der Waals surface area contributed by atoms with Gasteiger partial charge in [-0.3, -0.25) is 0 Å². The molecule has 19 heavy (non-hydrogen) atoms. The molecule has 1 aromatic rings. The van der Waals surface area contributed by atoms with Crippen molar-refractivity contribution in [2.45, 2.75) is 32.0 Å². The van der Waals surface area contributed by atoms with Gasteiger partial charge >= 0.3 is 6.18 Å². The standard InChI is InChI=1S/C12H16F3N3O/c1-8(19)9-2-4-18(5-3-9)11-16-6-10(7-17-11)12(13,14)15/h6-9,19H,2-5H2,1H3/t8-/m1/s1. The lowest BCUT2D eigenvalue weighted by Crippen LogP contribution is -2.38. The number of aliphatic hydroxyl groups is 1. The zero-order valence-electron chi connectivity index (χ0n) is 10.6. The average Bonchev–Trinajstić information content (AvgIpc) is 2.38. The molecule has 2 heterocycles. The Balaban J connectivity index is 2.00. The van der Waals surface area contributed by atoms with Crippen LogP contribution in [-0.4, -0.2) is 34.3 Å². The number of aliphatic hydroxyl groups excluding tert-OH is 1. The molecule has 0 unspecified atom stereocenters. The zero-order chi connectivity index (χ0) is 14.0. The number of halogens is 3. The summed E-state index contributed by atoms with van der Waals surface area (Å²) in [6.45, 7) is 3.07. The van der Waals surface area contributed by atoms with Crippen LogP contribution in [0.25, 0.3) is 0 Å². The Morgan fingerprint density at radius 1 is 1.26 bits per heavy atom. The van der Waals surface area contributed by atoms with Gasteiger partial charge in [-0.05, 0) is 25.7 Å². The van der Waals surface area contributed by atoms with E-state index in [0.29, 0.717) is 19.0 Å². The highest BCUT2D eigenvalue weighted by Gasteiger charge is 2.32. The van der Waals surface area contributed by atoms with Gasteiger partial charge in [-0.2, -0.15) is 13.2 Å². The van der Waals surface area contributed by atoms with E-state index in [-0.39, 0.29) is 12.0 Å². The summed E-state index contributed by atoms with van der Waals surface area (Å²) >= 11 is 0. The number of anilines is 1. The maximum atomic E-state index is 12.4. The summed E-state index contributed by atoms with van der Waals surface area (Å²) in [4.78, 5) is 9.39. The number of piperidine rings is 1. The summed E-state index contributed by atoms with van der Waals surface area (Å²) in [7, 11) is 0. The van der Waals surface area contributed by atoms with Gasteiger partial charge in [0.1, 0.15) is 0 Å². The minimum absolute atomic E-state index is 0.241. The van der Waals surface area contributed by atoms with Crippen LogP contribution in [0.2, 0.25) is 0 Å². The van der Waals surface area contributed by atoms with Crippen molar-refractivity contribution in [3.05, 3.63) is 18.0 Å². The Labute approximate surface area is 109 Å². The molecule has 2 rings (SSSR count). The molecule has 0 aromatic carbocycles. The highest BCUT2D eigenvalue weighted by molar-refractivity contribution is 5.31. The second kappa shape index (κ2) is 5.32. The van der Waals surface area contributed by atoms with E-state index in [4.69, 9.17) is 0 Å². The van der Waals surface area contributed by atoms with Gasteiger partial charge in [0.15, 0.2) is 0 Å². The molecule has 106 valence electrons. The molecule has 1 aliphatic heterocycles. The van der Waals surface area contributed by atoms with Crippen LogP contribution >= 0.6 is 0 Å². The first-order valence-electron chi connectivity index (χ1n) is 6.20. The fourth-order valence-corrected chi connectivity index (χ4v) is 2.21. The van der Waals surface area contributed by atoms with Crippen molar-refractivity contribution >= 4 is 5.95 Å². The maximum Gasteiger partial charge on any atom is 0.419 e. The first kappa shape index (κ1) is 14.0. The summed E-state index contributed by atoms with van der Waals surface area (Å²) in [5, 5.41) is 9.49. The van der Waals surface area contributed by atoms with E-state index in [0.717, 1.165) is 25.2 Å². The van der Waals surface area contributed by atoms with Gasteiger partial charge in [0.2, 0.25) is 5.95 Å². The highest BCUT2D eigenvalue weighted by Crippen LogP contribution is 2.29. The van der Waals surface area contributed by atoms with E-state index in [1.54, 1.807) is 6.92 Å². The lowest BCUT2D eigenvalue weighted by molar-refractivity contribution is -0.138. The van der Waals surface area contributed by atoms with Gasteiger partial charge in [0.05, 0.1) is 11.7 Å². The second-order valence-electron chi connectivity index (χ2n) is 4.83. The lowest BCUT2D eigenvalue weighted by Gasteiger charge is -2.33. The molecule has 1 aromatic heterocycles. The van der Waals surface area contributed by atoms with Crippen LogP contribution in [0.5, 0.6) is 0 Å². The molecular formula is C12H16F3N3O. The van der Waals surface area contributed by atoms with E-state index in [1.165, 1.54) is 0 Å². The van der Waals surface area contributed by atoms with Crippen molar-refractivity contribution in [2.24, 2.45) is 5.92 Å². The zero-order valence-corrected chi connectivity index (χ0v) is 10.6. The van der Waals surface area contributed by atoms with Crippen LogP contribution in [0.15, 0.2) is 12.4 Å². The molecule has 0 amide bonds. The topological polar surface area (TPSA) is 49.2 Å². The predicted molar refractivity (Wildman–Crippen MR) is 63.7 cm³/mol. The maximum absolute atomic E-state index is 12.4. The second-order valence-corrected chi connectivity index (χ2v) is 4.83. The Morgan fingerprint density at radius 2 is 1.79 bits per heavy atom. The molecule has 1 saturated heterocycles. The van der Waals surface area contributed by atoms with Crippen molar-refractivity contribution in [2.75, 3.05) is 18.0 Å². The fourth-order valence-electron chi connectivity index (χ4n) is 2.21. The largest absolute Gasteiger partial charge is 0.419 e. The minimum Gasteiger partial charge on any atom is -0.393 e. The van der Waals surface area contributed by atoms with E-state index >= 15 is 0 Å². The molecule has 0 radical (unpaired) electrons. The number of hydrogen-bond donors (Lipinski definition) is 1. The summed E-state index contributed by atoms with van der Waals surface area (Å²) in [6.07, 6.45) is -1.55. The van der Waals surface area contributed by atoms with Crippen molar-refractivity contribution in [1.82, 2.24) is 9.97 Å². The summed E-state index contributed by atoms with van der Waals surface area (Å²) < 4.78 is 37.1. The number of alkyl halides is 3. The molecular weight excluding hydrogens is 259 g/mol. The first-order chi connectivity index (χ1) is 8.88. The number of aromatic nitrogens is 2. The summed E-state index contributed by atoms with van der Waals surface area (Å²) in [5.41, 5.74) is -0.838. The smallest absolute Gasteiger partial charge is 0.393 e. The van der Waals surface area contributed by atoms with E-state index < -0.39 is 11.7 Å².